The van der Waals surface area contributed by atoms with Crippen LogP contribution in [-0.4, -0.2) is 54.0 Å². The fourth-order valence-corrected chi connectivity index (χ4v) is 1.74. The maximum atomic E-state index is 11.9. The predicted molar refractivity (Wildman–Crippen MR) is 64.4 cm³/mol. The van der Waals surface area contributed by atoms with Crippen molar-refractivity contribution in [3.8, 4) is 0 Å². The molecule has 1 saturated heterocycles. The van der Waals surface area contributed by atoms with Crippen LogP contribution in [0.4, 0.5) is 4.79 Å². The van der Waals surface area contributed by atoms with E-state index in [0.717, 1.165) is 0 Å². The van der Waals surface area contributed by atoms with Gasteiger partial charge in [0.1, 0.15) is 5.60 Å². The van der Waals surface area contributed by atoms with Crippen molar-refractivity contribution in [2.75, 3.05) is 26.3 Å². The first kappa shape index (κ1) is 14.8. The second-order valence-corrected chi connectivity index (χ2v) is 5.47. The smallest absolute Gasteiger partial charge is 0.410 e. The van der Waals surface area contributed by atoms with Gasteiger partial charge in [0.25, 0.3) is 0 Å². The van der Waals surface area contributed by atoms with Crippen LogP contribution in [0.15, 0.2) is 0 Å². The van der Waals surface area contributed by atoms with Gasteiger partial charge < -0.3 is 19.5 Å². The number of carboxylic acids is 1. The summed E-state index contributed by atoms with van der Waals surface area (Å²) in [6.07, 6.45) is -0.414. The molecule has 18 heavy (non-hydrogen) atoms. The lowest BCUT2D eigenvalue weighted by Gasteiger charge is -2.27. The highest BCUT2D eigenvalue weighted by Gasteiger charge is 2.27. The van der Waals surface area contributed by atoms with Crippen molar-refractivity contribution in [2.24, 2.45) is 5.92 Å². The second-order valence-electron chi connectivity index (χ2n) is 5.47. The summed E-state index contributed by atoms with van der Waals surface area (Å²) in [7, 11) is 0. The van der Waals surface area contributed by atoms with Crippen LogP contribution in [0.1, 0.15) is 27.2 Å². The molecule has 0 spiro atoms. The molecule has 1 aliphatic rings. The number of nitrogens with zero attached hydrogens (tertiary/aromatic N) is 1. The number of hydrogen-bond acceptors (Lipinski definition) is 4. The molecule has 6 heteroatoms. The van der Waals surface area contributed by atoms with E-state index in [0.29, 0.717) is 26.3 Å². The number of amides is 1. The molecule has 0 radical (unpaired) electrons. The van der Waals surface area contributed by atoms with E-state index >= 15 is 0 Å². The van der Waals surface area contributed by atoms with Gasteiger partial charge in [0.2, 0.25) is 0 Å². The Balaban J connectivity index is 2.58. The summed E-state index contributed by atoms with van der Waals surface area (Å²) in [5.74, 6) is -1.06. The van der Waals surface area contributed by atoms with Gasteiger partial charge in [0.15, 0.2) is 0 Å². The average molecular weight is 259 g/mol. The molecular weight excluding hydrogens is 238 g/mol. The van der Waals surface area contributed by atoms with Crippen LogP contribution in [-0.2, 0) is 14.3 Å². The summed E-state index contributed by atoms with van der Waals surface area (Å²) >= 11 is 0. The second kappa shape index (κ2) is 6.04. The molecule has 0 aliphatic carbocycles. The van der Waals surface area contributed by atoms with E-state index in [-0.39, 0.29) is 12.3 Å². The zero-order valence-electron chi connectivity index (χ0n) is 11.1. The van der Waals surface area contributed by atoms with E-state index in [2.05, 4.69) is 0 Å². The van der Waals surface area contributed by atoms with Crippen molar-refractivity contribution >= 4 is 12.1 Å². The van der Waals surface area contributed by atoms with Crippen molar-refractivity contribution in [2.45, 2.75) is 32.8 Å². The molecule has 1 heterocycles. The Morgan fingerprint density at radius 3 is 2.67 bits per heavy atom. The fourth-order valence-electron chi connectivity index (χ4n) is 1.74. The number of carbonyl (C=O) groups excluding carboxylic acids is 1. The van der Waals surface area contributed by atoms with E-state index in [1.54, 1.807) is 20.8 Å². The van der Waals surface area contributed by atoms with Crippen LogP contribution < -0.4 is 0 Å². The van der Waals surface area contributed by atoms with Gasteiger partial charge in [-0.15, -0.1) is 0 Å². The van der Waals surface area contributed by atoms with Crippen LogP contribution >= 0.6 is 0 Å². The summed E-state index contributed by atoms with van der Waals surface area (Å²) < 4.78 is 10.6. The zero-order valence-corrected chi connectivity index (χ0v) is 11.1. The molecule has 1 rings (SSSR count). The molecule has 1 aliphatic heterocycles. The number of carbonyl (C=O) groups is 2. The molecule has 0 aromatic heterocycles. The van der Waals surface area contributed by atoms with Gasteiger partial charge in [-0.05, 0) is 20.8 Å². The monoisotopic (exact) mass is 259 g/mol. The van der Waals surface area contributed by atoms with E-state index in [4.69, 9.17) is 14.6 Å². The lowest BCUT2D eigenvalue weighted by atomic mass is 10.1. The summed E-state index contributed by atoms with van der Waals surface area (Å²) in [4.78, 5) is 24.1. The highest BCUT2D eigenvalue weighted by molar-refractivity contribution is 5.69. The van der Waals surface area contributed by atoms with Crippen LogP contribution in [0, 0.1) is 5.92 Å². The highest BCUT2D eigenvalue weighted by Crippen LogP contribution is 2.15. The standard InChI is InChI=1S/C12H21NO5/c1-12(2,3)18-11(16)13-4-5-17-8-9(7-13)6-10(14)15/h9H,4-8H2,1-3H3,(H,14,15). The molecule has 1 N–H and O–H groups in total. The molecule has 1 fully saturated rings. The maximum absolute atomic E-state index is 11.9. The molecule has 6 nitrogen and oxygen atoms in total. The van der Waals surface area contributed by atoms with Gasteiger partial charge in [-0.3, -0.25) is 4.79 Å². The van der Waals surface area contributed by atoms with Gasteiger partial charge in [0, 0.05) is 19.0 Å². The first-order valence-electron chi connectivity index (χ1n) is 6.05. The minimum Gasteiger partial charge on any atom is -0.481 e. The molecule has 1 unspecified atom stereocenters. The lowest BCUT2D eigenvalue weighted by Crippen LogP contribution is -2.40. The third kappa shape index (κ3) is 5.35. The minimum atomic E-state index is -0.880. The molecule has 104 valence electrons. The topological polar surface area (TPSA) is 76.1 Å². The number of ether oxygens (including phenoxy) is 2. The summed E-state index contributed by atoms with van der Waals surface area (Å²) in [5, 5.41) is 8.78. The Labute approximate surface area is 107 Å². The normalized spacial score (nSPS) is 21.3. The third-order valence-electron chi connectivity index (χ3n) is 2.45. The van der Waals surface area contributed by atoms with E-state index in [9.17, 15) is 9.59 Å². The Morgan fingerprint density at radius 2 is 2.11 bits per heavy atom. The van der Waals surface area contributed by atoms with Gasteiger partial charge >= 0.3 is 12.1 Å². The van der Waals surface area contributed by atoms with Crippen molar-refractivity contribution in [1.29, 1.82) is 0 Å². The Bertz CT molecular complexity index is 310. The summed E-state index contributed by atoms with van der Waals surface area (Å²) in [6, 6.07) is 0. The summed E-state index contributed by atoms with van der Waals surface area (Å²) in [6.45, 7) is 6.98. The van der Waals surface area contributed by atoms with Crippen LogP contribution in [0.3, 0.4) is 0 Å². The number of aliphatic carboxylic acids is 1. The van der Waals surface area contributed by atoms with Gasteiger partial charge in [0.05, 0.1) is 19.6 Å². The third-order valence-corrected chi connectivity index (χ3v) is 2.45. The van der Waals surface area contributed by atoms with Gasteiger partial charge in [-0.25, -0.2) is 4.79 Å². The Morgan fingerprint density at radius 1 is 1.44 bits per heavy atom. The lowest BCUT2D eigenvalue weighted by molar-refractivity contribution is -0.138. The van der Waals surface area contributed by atoms with Crippen LogP contribution in [0.5, 0.6) is 0 Å². The molecular formula is C12H21NO5. The molecule has 0 saturated carbocycles. The maximum Gasteiger partial charge on any atom is 0.410 e. The Hall–Kier alpha value is -1.30. The predicted octanol–water partition coefficient (Wildman–Crippen LogP) is 1.34. The average Bonchev–Trinajstić information content (AvgIpc) is 2.39. The molecule has 0 aromatic carbocycles. The van der Waals surface area contributed by atoms with E-state index in [1.165, 1.54) is 4.90 Å². The molecule has 0 aromatic rings. The minimum absolute atomic E-state index is 0.000697. The molecule has 1 amide bonds. The van der Waals surface area contributed by atoms with Crippen molar-refractivity contribution < 1.29 is 24.2 Å². The quantitative estimate of drug-likeness (QED) is 0.810. The largest absolute Gasteiger partial charge is 0.481 e. The van der Waals surface area contributed by atoms with Crippen LogP contribution in [0.25, 0.3) is 0 Å². The number of hydrogen-bond donors (Lipinski definition) is 1. The summed E-state index contributed by atoms with van der Waals surface area (Å²) in [5.41, 5.74) is -0.549. The SMILES string of the molecule is CC(C)(C)OC(=O)N1CCOCC(CC(=O)O)C1. The van der Waals surface area contributed by atoms with Gasteiger partial charge in [-0.1, -0.05) is 0 Å². The fraction of sp³-hybridized carbons (Fsp3) is 0.833. The Kier molecular flexibility index (Phi) is 4.95. The number of rotatable bonds is 2. The molecule has 1 atom stereocenters. The van der Waals surface area contributed by atoms with E-state index < -0.39 is 17.7 Å². The first-order valence-corrected chi connectivity index (χ1v) is 6.05. The van der Waals surface area contributed by atoms with E-state index in [1.807, 2.05) is 0 Å². The zero-order chi connectivity index (χ0) is 13.8. The number of carboxylic acid groups (broad SMARTS) is 1. The first-order chi connectivity index (χ1) is 8.28. The van der Waals surface area contributed by atoms with Crippen LogP contribution in [0.2, 0.25) is 0 Å². The molecule has 0 bridgehead atoms. The van der Waals surface area contributed by atoms with Crippen molar-refractivity contribution in [1.82, 2.24) is 4.90 Å². The van der Waals surface area contributed by atoms with Crippen molar-refractivity contribution in [3.05, 3.63) is 0 Å². The van der Waals surface area contributed by atoms with Crippen molar-refractivity contribution in [3.63, 3.8) is 0 Å². The highest BCUT2D eigenvalue weighted by atomic mass is 16.6. The van der Waals surface area contributed by atoms with Gasteiger partial charge in [-0.2, -0.15) is 0 Å².